The zero-order chi connectivity index (χ0) is 26.6. The normalized spacial score (nSPS) is 14.9. The predicted octanol–water partition coefficient (Wildman–Crippen LogP) is 6.40. The Kier molecular flexibility index (Phi) is 7.81. The molecule has 3 amide bonds. The molecule has 7 heteroatoms. The number of ether oxygens (including phenoxy) is 1. The van der Waals surface area contributed by atoms with Gasteiger partial charge in [-0.3, -0.25) is 4.79 Å². The molecule has 1 aliphatic rings. The van der Waals surface area contributed by atoms with E-state index < -0.39 is 23.4 Å². The first-order chi connectivity index (χ1) is 17.7. The lowest BCUT2D eigenvalue weighted by Crippen LogP contribution is -2.54. The minimum atomic E-state index is -1.08. The van der Waals surface area contributed by atoms with Gasteiger partial charge in [0.25, 0.3) is 5.91 Å². The molecule has 0 atom stereocenters. The van der Waals surface area contributed by atoms with Gasteiger partial charge in [-0.1, -0.05) is 67.6 Å². The first-order valence-corrected chi connectivity index (χ1v) is 12.8. The number of aryl methyl sites for hydroxylation is 3. The minimum Gasteiger partial charge on any atom is -0.467 e. The zero-order valence-electron chi connectivity index (χ0n) is 22.0. The number of rotatable bonds is 5. The summed E-state index contributed by atoms with van der Waals surface area (Å²) in [6.45, 7) is 5.91. The number of carbonyl (C=O) groups excluding carboxylic acids is 3. The van der Waals surface area contributed by atoms with Crippen molar-refractivity contribution in [1.29, 1.82) is 0 Å². The van der Waals surface area contributed by atoms with Crippen LogP contribution in [-0.2, 0) is 9.53 Å². The topological polar surface area (TPSA) is 96.5 Å². The van der Waals surface area contributed by atoms with E-state index in [1.807, 2.05) is 57.2 Å². The molecule has 4 rings (SSSR count). The Morgan fingerprint density at radius 3 is 2.00 bits per heavy atom. The molecule has 0 saturated heterocycles. The Labute approximate surface area is 218 Å². The number of hydrogen-bond donors (Lipinski definition) is 3. The maximum Gasteiger partial charge on any atom is 0.331 e. The van der Waals surface area contributed by atoms with Crippen LogP contribution in [0.5, 0.6) is 0 Å². The maximum atomic E-state index is 13.7. The average molecular weight is 502 g/mol. The zero-order valence-corrected chi connectivity index (χ0v) is 22.0. The van der Waals surface area contributed by atoms with Crippen molar-refractivity contribution in [1.82, 2.24) is 5.32 Å². The van der Waals surface area contributed by atoms with E-state index in [9.17, 15) is 14.4 Å². The third-order valence-corrected chi connectivity index (χ3v) is 7.18. The largest absolute Gasteiger partial charge is 0.467 e. The number of anilines is 2. The van der Waals surface area contributed by atoms with Crippen LogP contribution in [0.3, 0.4) is 0 Å². The average Bonchev–Trinajstić information content (AvgIpc) is 3.11. The fourth-order valence-electron chi connectivity index (χ4n) is 5.37. The number of benzene rings is 3. The van der Waals surface area contributed by atoms with Gasteiger partial charge in [0, 0.05) is 5.69 Å². The van der Waals surface area contributed by atoms with Crippen LogP contribution in [0.1, 0.15) is 65.6 Å². The molecule has 3 N–H and O–H groups in total. The smallest absolute Gasteiger partial charge is 0.331 e. The van der Waals surface area contributed by atoms with Crippen molar-refractivity contribution in [2.75, 3.05) is 17.7 Å². The van der Waals surface area contributed by atoms with Gasteiger partial charge in [-0.2, -0.15) is 0 Å². The Balaban J connectivity index is 1.67. The molecule has 0 spiro atoms. The van der Waals surface area contributed by atoms with Gasteiger partial charge in [0.15, 0.2) is 0 Å². The quantitative estimate of drug-likeness (QED) is 0.278. The molecule has 0 unspecified atom stereocenters. The van der Waals surface area contributed by atoms with Crippen molar-refractivity contribution >= 4 is 40.1 Å². The number of fused-ring (bicyclic) bond motifs is 1. The van der Waals surface area contributed by atoms with Crippen LogP contribution in [0, 0.1) is 20.8 Å². The van der Waals surface area contributed by atoms with Crippen molar-refractivity contribution in [3.8, 4) is 0 Å². The number of urea groups is 1. The van der Waals surface area contributed by atoms with E-state index in [2.05, 4.69) is 16.0 Å². The summed E-state index contributed by atoms with van der Waals surface area (Å²) < 4.78 is 5.11. The third kappa shape index (κ3) is 5.77. The van der Waals surface area contributed by atoms with E-state index in [4.69, 9.17) is 4.74 Å². The molecule has 1 saturated carbocycles. The van der Waals surface area contributed by atoms with E-state index in [0.717, 1.165) is 58.8 Å². The van der Waals surface area contributed by atoms with Crippen molar-refractivity contribution in [3.63, 3.8) is 0 Å². The van der Waals surface area contributed by atoms with E-state index in [1.165, 1.54) is 7.11 Å². The second-order valence-electron chi connectivity index (χ2n) is 10.0. The Bertz CT molecular complexity index is 1320. The molecule has 3 aromatic rings. The highest BCUT2D eigenvalue weighted by Gasteiger charge is 2.41. The molecule has 194 valence electrons. The van der Waals surface area contributed by atoms with Gasteiger partial charge in [0.2, 0.25) is 0 Å². The number of esters is 1. The summed E-state index contributed by atoms with van der Waals surface area (Å²) in [5, 5.41) is 10.6. The SMILES string of the molecule is COC(=O)C1(NC(=O)c2cc3ccccc3cc2NC(=O)Nc2c(C)cc(C)cc2C)CCCCCC1. The molecule has 0 heterocycles. The highest BCUT2D eigenvalue weighted by atomic mass is 16.5. The van der Waals surface area contributed by atoms with Crippen LogP contribution in [0.25, 0.3) is 10.8 Å². The lowest BCUT2D eigenvalue weighted by Gasteiger charge is -2.31. The van der Waals surface area contributed by atoms with E-state index in [0.29, 0.717) is 24.1 Å². The fraction of sp³-hybridized carbons (Fsp3) is 0.367. The molecule has 1 fully saturated rings. The Morgan fingerprint density at radius 1 is 0.811 bits per heavy atom. The van der Waals surface area contributed by atoms with E-state index >= 15 is 0 Å². The third-order valence-electron chi connectivity index (χ3n) is 7.18. The second kappa shape index (κ2) is 11.0. The molecule has 3 aromatic carbocycles. The lowest BCUT2D eigenvalue weighted by molar-refractivity contribution is -0.148. The second-order valence-corrected chi connectivity index (χ2v) is 10.0. The number of hydrogen-bond acceptors (Lipinski definition) is 4. The number of methoxy groups -OCH3 is 1. The van der Waals surface area contributed by atoms with Crippen LogP contribution in [0.4, 0.5) is 16.2 Å². The number of nitrogens with one attached hydrogen (secondary N) is 3. The van der Waals surface area contributed by atoms with Crippen LogP contribution in [0.2, 0.25) is 0 Å². The minimum absolute atomic E-state index is 0.290. The molecule has 0 radical (unpaired) electrons. The fourth-order valence-corrected chi connectivity index (χ4v) is 5.37. The van der Waals surface area contributed by atoms with E-state index in [1.54, 1.807) is 12.1 Å². The summed E-state index contributed by atoms with van der Waals surface area (Å²) in [6, 6.07) is 14.8. The summed E-state index contributed by atoms with van der Waals surface area (Å²) >= 11 is 0. The van der Waals surface area contributed by atoms with E-state index in [-0.39, 0.29) is 0 Å². The van der Waals surface area contributed by atoms with Crippen LogP contribution in [0.15, 0.2) is 48.5 Å². The van der Waals surface area contributed by atoms with Crippen LogP contribution in [-0.4, -0.2) is 30.6 Å². The molecule has 0 bridgehead atoms. The summed E-state index contributed by atoms with van der Waals surface area (Å²) in [4.78, 5) is 39.7. The highest BCUT2D eigenvalue weighted by Crippen LogP contribution is 2.31. The van der Waals surface area contributed by atoms with Gasteiger partial charge in [0.1, 0.15) is 5.54 Å². The first kappa shape index (κ1) is 26.2. The van der Waals surface area contributed by atoms with Gasteiger partial charge in [-0.05, 0) is 67.6 Å². The lowest BCUT2D eigenvalue weighted by atomic mass is 9.89. The van der Waals surface area contributed by atoms with Crippen molar-refractivity contribution < 1.29 is 19.1 Å². The molecule has 7 nitrogen and oxygen atoms in total. The summed E-state index contributed by atoms with van der Waals surface area (Å²) in [6.07, 6.45) is 4.72. The summed E-state index contributed by atoms with van der Waals surface area (Å²) in [5.41, 5.74) is 3.34. The van der Waals surface area contributed by atoms with Gasteiger partial charge in [-0.15, -0.1) is 0 Å². The molecular weight excluding hydrogens is 466 g/mol. The summed E-state index contributed by atoms with van der Waals surface area (Å²) in [5.74, 6) is -0.850. The molecular formula is C30H35N3O4. The predicted molar refractivity (Wildman–Crippen MR) is 147 cm³/mol. The first-order valence-electron chi connectivity index (χ1n) is 12.8. The van der Waals surface area contributed by atoms with Gasteiger partial charge in [-0.25, -0.2) is 9.59 Å². The Hall–Kier alpha value is -3.87. The molecule has 0 aromatic heterocycles. The Morgan fingerprint density at radius 2 is 1.41 bits per heavy atom. The molecule has 0 aliphatic heterocycles. The van der Waals surface area contributed by atoms with Crippen LogP contribution < -0.4 is 16.0 Å². The van der Waals surface area contributed by atoms with Gasteiger partial charge in [0.05, 0.1) is 18.4 Å². The van der Waals surface area contributed by atoms with Gasteiger partial charge < -0.3 is 20.7 Å². The van der Waals surface area contributed by atoms with Crippen LogP contribution >= 0.6 is 0 Å². The monoisotopic (exact) mass is 501 g/mol. The van der Waals surface area contributed by atoms with Crippen molar-refractivity contribution in [2.45, 2.75) is 64.8 Å². The molecule has 1 aliphatic carbocycles. The number of carbonyl (C=O) groups is 3. The van der Waals surface area contributed by atoms with Crippen molar-refractivity contribution in [2.24, 2.45) is 0 Å². The van der Waals surface area contributed by atoms with Gasteiger partial charge >= 0.3 is 12.0 Å². The van der Waals surface area contributed by atoms with Crippen molar-refractivity contribution in [3.05, 3.63) is 70.8 Å². The summed E-state index contributed by atoms with van der Waals surface area (Å²) in [7, 11) is 1.35. The standard InChI is InChI=1S/C30H35N3O4/c1-19-15-20(2)26(21(3)16-19)32-29(36)31-25-18-23-12-8-7-11-22(23)17-24(25)27(34)33-30(28(35)37-4)13-9-5-6-10-14-30/h7-8,11-12,15-18H,5-6,9-10,13-14H2,1-4H3,(H,33,34)(H2,31,32,36). The maximum absolute atomic E-state index is 13.7. The number of amides is 3. The highest BCUT2D eigenvalue weighted by molar-refractivity contribution is 6.10. The molecule has 37 heavy (non-hydrogen) atoms.